The summed E-state index contributed by atoms with van der Waals surface area (Å²) < 4.78 is 7.10. The number of aromatic nitrogens is 3. The van der Waals surface area contributed by atoms with Gasteiger partial charge in [-0.05, 0) is 58.0 Å². The van der Waals surface area contributed by atoms with E-state index in [-0.39, 0.29) is 6.04 Å². The van der Waals surface area contributed by atoms with Gasteiger partial charge >= 0.3 is 5.97 Å². The van der Waals surface area contributed by atoms with Crippen molar-refractivity contribution in [2.75, 3.05) is 5.32 Å². The molecule has 0 saturated heterocycles. The summed E-state index contributed by atoms with van der Waals surface area (Å²) in [4.78, 5) is 40.8. The molecule has 0 fully saturated rings. The van der Waals surface area contributed by atoms with Crippen molar-refractivity contribution in [2.24, 2.45) is 5.73 Å². The number of hydrogen-bond donors (Lipinski definition) is 2. The molecule has 0 aliphatic rings. The fraction of sp³-hybridized carbons (Fsp3) is 0.286. The highest BCUT2D eigenvalue weighted by atomic mass is 16.5. The Labute approximate surface area is 173 Å². The zero-order valence-electron chi connectivity index (χ0n) is 17.2. The number of amides is 2. The predicted molar refractivity (Wildman–Crippen MR) is 111 cm³/mol. The van der Waals surface area contributed by atoms with E-state index in [0.717, 1.165) is 0 Å². The van der Waals surface area contributed by atoms with Gasteiger partial charge in [-0.25, -0.2) is 14.5 Å². The maximum Gasteiger partial charge on any atom is 0.339 e. The number of primary amides is 1. The zero-order chi connectivity index (χ0) is 22.0. The van der Waals surface area contributed by atoms with E-state index in [9.17, 15) is 14.4 Å². The van der Waals surface area contributed by atoms with Crippen LogP contribution in [0.4, 0.5) is 5.69 Å². The van der Waals surface area contributed by atoms with Crippen LogP contribution in [0.3, 0.4) is 0 Å². The number of aryl methyl sites for hydroxylation is 1. The van der Waals surface area contributed by atoms with Crippen LogP contribution < -0.4 is 11.1 Å². The van der Waals surface area contributed by atoms with Crippen LogP contribution in [-0.4, -0.2) is 38.7 Å². The number of nitrogens with two attached hydrogens (primary N) is 1. The Morgan fingerprint density at radius 3 is 2.40 bits per heavy atom. The molecule has 0 radical (unpaired) electrons. The van der Waals surface area contributed by atoms with Crippen molar-refractivity contribution in [3.8, 4) is 0 Å². The number of ether oxygens (including phenoxy) is 1. The number of benzene rings is 1. The van der Waals surface area contributed by atoms with E-state index in [4.69, 9.17) is 10.5 Å². The topological polar surface area (TPSA) is 129 Å². The third kappa shape index (κ3) is 4.29. The molecule has 2 heterocycles. The van der Waals surface area contributed by atoms with Crippen LogP contribution in [0.1, 0.15) is 53.2 Å². The van der Waals surface area contributed by atoms with E-state index in [1.807, 2.05) is 13.8 Å². The molecule has 0 bridgehead atoms. The molecule has 156 valence electrons. The number of fused-ring (bicyclic) bond motifs is 1. The lowest BCUT2D eigenvalue weighted by Gasteiger charge is -2.14. The lowest BCUT2D eigenvalue weighted by molar-refractivity contribution is -0.123. The number of anilines is 1. The second kappa shape index (κ2) is 8.32. The molecule has 0 unspecified atom stereocenters. The molecule has 1 atom stereocenters. The maximum atomic E-state index is 12.8. The Morgan fingerprint density at radius 1 is 1.13 bits per heavy atom. The second-order valence-electron chi connectivity index (χ2n) is 7.21. The minimum atomic E-state index is -1.04. The predicted octanol–water partition coefficient (Wildman–Crippen LogP) is 2.60. The van der Waals surface area contributed by atoms with Crippen molar-refractivity contribution < 1.29 is 19.1 Å². The Kier molecular flexibility index (Phi) is 5.81. The Bertz CT molecular complexity index is 1120. The van der Waals surface area contributed by atoms with Crippen LogP contribution in [0.5, 0.6) is 0 Å². The minimum absolute atomic E-state index is 0.0753. The van der Waals surface area contributed by atoms with Gasteiger partial charge in [-0.15, -0.1) is 0 Å². The number of rotatable bonds is 6. The first-order chi connectivity index (χ1) is 14.2. The Balaban J connectivity index is 1.75. The fourth-order valence-corrected chi connectivity index (χ4v) is 2.93. The van der Waals surface area contributed by atoms with Gasteiger partial charge in [0.25, 0.3) is 5.91 Å². The molecule has 0 aliphatic carbocycles. The maximum absolute atomic E-state index is 12.8. The lowest BCUT2D eigenvalue weighted by atomic mass is 10.1. The summed E-state index contributed by atoms with van der Waals surface area (Å²) >= 11 is 0. The van der Waals surface area contributed by atoms with Gasteiger partial charge in [-0.1, -0.05) is 0 Å². The minimum Gasteiger partial charge on any atom is -0.449 e. The van der Waals surface area contributed by atoms with E-state index >= 15 is 0 Å². The van der Waals surface area contributed by atoms with Gasteiger partial charge in [-0.2, -0.15) is 5.10 Å². The molecule has 30 heavy (non-hydrogen) atoms. The molecule has 0 aliphatic heterocycles. The number of nitrogens with zero attached hydrogens (tertiary/aromatic N) is 3. The monoisotopic (exact) mass is 409 g/mol. The third-order valence-corrected chi connectivity index (χ3v) is 4.49. The summed E-state index contributed by atoms with van der Waals surface area (Å²) in [6.07, 6.45) is 0.528. The van der Waals surface area contributed by atoms with Crippen molar-refractivity contribution >= 4 is 34.5 Å². The smallest absolute Gasteiger partial charge is 0.339 e. The molecule has 3 aromatic rings. The SMILES string of the molecule is Cc1cc(C(=O)O[C@H](C)C(=O)Nc2ccc(C(N)=O)cc2)c2cnn(C(C)C)c2n1. The molecule has 2 amide bonds. The molecular formula is C21H23N5O4. The van der Waals surface area contributed by atoms with E-state index in [2.05, 4.69) is 15.4 Å². The number of nitrogens with one attached hydrogen (secondary N) is 1. The number of hydrogen-bond acceptors (Lipinski definition) is 6. The molecule has 0 saturated carbocycles. The molecular weight excluding hydrogens is 386 g/mol. The first-order valence-corrected chi connectivity index (χ1v) is 9.44. The summed E-state index contributed by atoms with van der Waals surface area (Å²) in [5.74, 6) is -1.70. The summed E-state index contributed by atoms with van der Waals surface area (Å²) in [5, 5.41) is 7.50. The molecule has 9 nitrogen and oxygen atoms in total. The van der Waals surface area contributed by atoms with Gasteiger partial charge in [0, 0.05) is 23.0 Å². The average molecular weight is 409 g/mol. The van der Waals surface area contributed by atoms with Crippen LogP contribution in [0, 0.1) is 6.92 Å². The number of carbonyl (C=O) groups excluding carboxylic acids is 3. The van der Waals surface area contributed by atoms with Gasteiger partial charge in [0.2, 0.25) is 5.91 Å². The first kappa shape index (κ1) is 21.0. The van der Waals surface area contributed by atoms with Crippen LogP contribution in [0.25, 0.3) is 11.0 Å². The highest BCUT2D eigenvalue weighted by molar-refractivity contribution is 6.04. The summed E-state index contributed by atoms with van der Waals surface area (Å²) in [6, 6.07) is 7.77. The first-order valence-electron chi connectivity index (χ1n) is 9.44. The van der Waals surface area contributed by atoms with Crippen LogP contribution >= 0.6 is 0 Å². The highest BCUT2D eigenvalue weighted by Crippen LogP contribution is 2.22. The van der Waals surface area contributed by atoms with Crippen molar-refractivity contribution in [1.29, 1.82) is 0 Å². The fourth-order valence-electron chi connectivity index (χ4n) is 2.93. The van der Waals surface area contributed by atoms with E-state index in [0.29, 0.717) is 33.5 Å². The second-order valence-corrected chi connectivity index (χ2v) is 7.21. The molecule has 3 rings (SSSR count). The van der Waals surface area contributed by atoms with Gasteiger partial charge in [0.15, 0.2) is 11.8 Å². The van der Waals surface area contributed by atoms with Crippen LogP contribution in [0.2, 0.25) is 0 Å². The van der Waals surface area contributed by atoms with E-state index in [1.54, 1.807) is 36.0 Å². The summed E-state index contributed by atoms with van der Waals surface area (Å²) in [7, 11) is 0. The molecule has 2 aromatic heterocycles. The molecule has 1 aromatic carbocycles. The van der Waals surface area contributed by atoms with Crippen molar-refractivity contribution in [3.63, 3.8) is 0 Å². The van der Waals surface area contributed by atoms with Crippen LogP contribution in [0.15, 0.2) is 36.5 Å². The van der Waals surface area contributed by atoms with E-state index in [1.165, 1.54) is 19.1 Å². The lowest BCUT2D eigenvalue weighted by Crippen LogP contribution is -2.30. The van der Waals surface area contributed by atoms with Crippen molar-refractivity contribution in [2.45, 2.75) is 39.8 Å². The van der Waals surface area contributed by atoms with Gasteiger partial charge < -0.3 is 15.8 Å². The standard InChI is InChI=1S/C21H23N5O4/c1-11(2)26-19-17(10-23-26)16(9-12(3)24-19)21(29)30-13(4)20(28)25-15-7-5-14(6-8-15)18(22)27/h5-11,13H,1-4H3,(H2,22,27)(H,25,28)/t13-/m1/s1. The van der Waals surface area contributed by atoms with Gasteiger partial charge in [0.1, 0.15) is 0 Å². The summed E-state index contributed by atoms with van der Waals surface area (Å²) in [5.41, 5.74) is 7.50. The third-order valence-electron chi connectivity index (χ3n) is 4.49. The number of carbonyl (C=O) groups is 3. The van der Waals surface area contributed by atoms with Gasteiger partial charge in [-0.3, -0.25) is 9.59 Å². The van der Waals surface area contributed by atoms with Crippen molar-refractivity contribution in [3.05, 3.63) is 53.3 Å². The van der Waals surface area contributed by atoms with Crippen LogP contribution in [-0.2, 0) is 9.53 Å². The number of esters is 1. The largest absolute Gasteiger partial charge is 0.449 e. The number of pyridine rings is 1. The normalized spacial score (nSPS) is 12.0. The highest BCUT2D eigenvalue weighted by Gasteiger charge is 2.23. The molecule has 3 N–H and O–H groups in total. The molecule has 0 spiro atoms. The average Bonchev–Trinajstić information content (AvgIpc) is 3.11. The van der Waals surface area contributed by atoms with Crippen molar-refractivity contribution in [1.82, 2.24) is 14.8 Å². The van der Waals surface area contributed by atoms with Gasteiger partial charge in [0.05, 0.1) is 17.1 Å². The Morgan fingerprint density at radius 2 is 1.80 bits per heavy atom. The molecule has 9 heteroatoms. The zero-order valence-corrected chi connectivity index (χ0v) is 17.2. The quantitative estimate of drug-likeness (QED) is 0.602. The Hall–Kier alpha value is -3.75. The van der Waals surface area contributed by atoms with E-state index < -0.39 is 23.9 Å². The summed E-state index contributed by atoms with van der Waals surface area (Å²) in [6.45, 7) is 7.20.